The van der Waals surface area contributed by atoms with E-state index in [1.54, 1.807) is 12.1 Å². The van der Waals surface area contributed by atoms with Crippen molar-refractivity contribution >= 4 is 17.6 Å². The number of halogens is 2. The van der Waals surface area contributed by atoms with Crippen LogP contribution in [0.2, 0.25) is 0 Å². The number of methoxy groups -OCH3 is 1. The molecule has 0 saturated heterocycles. The highest BCUT2D eigenvalue weighted by molar-refractivity contribution is 6.17. The molecule has 0 heterocycles. The first-order valence-corrected chi connectivity index (χ1v) is 5.11. The Bertz CT molecular complexity index is 446. The third-order valence-corrected chi connectivity index (χ3v) is 2.18. The fourth-order valence-corrected chi connectivity index (χ4v) is 1.24. The fraction of sp³-hybridized carbons (Fsp3) is 0.250. The number of esters is 1. The van der Waals surface area contributed by atoms with Crippen LogP contribution < -0.4 is 0 Å². The summed E-state index contributed by atoms with van der Waals surface area (Å²) >= 11 is 5.51. The second kappa shape index (κ2) is 6.14. The Morgan fingerprint density at radius 2 is 2.31 bits per heavy atom. The average Bonchev–Trinajstić information content (AvgIpc) is 2.29. The Kier molecular flexibility index (Phi) is 4.81. The molecular formula is C12H10ClFO2. The number of benzene rings is 1. The maximum atomic E-state index is 13.3. The van der Waals surface area contributed by atoms with E-state index < -0.39 is 5.97 Å². The lowest BCUT2D eigenvalue weighted by Crippen LogP contribution is -1.97. The molecule has 2 nitrogen and oxygen atoms in total. The van der Waals surface area contributed by atoms with Crippen molar-refractivity contribution in [3.63, 3.8) is 0 Å². The van der Waals surface area contributed by atoms with Gasteiger partial charge in [-0.15, -0.1) is 11.6 Å². The van der Waals surface area contributed by atoms with Crippen LogP contribution in [0, 0.1) is 17.7 Å². The van der Waals surface area contributed by atoms with E-state index in [2.05, 4.69) is 16.6 Å². The molecule has 1 aromatic rings. The van der Waals surface area contributed by atoms with E-state index in [0.29, 0.717) is 11.1 Å². The van der Waals surface area contributed by atoms with Crippen molar-refractivity contribution in [2.75, 3.05) is 7.11 Å². The van der Waals surface area contributed by atoms with Crippen molar-refractivity contribution in [1.82, 2.24) is 0 Å². The zero-order chi connectivity index (χ0) is 12.0. The molecule has 0 amide bonds. The van der Waals surface area contributed by atoms with E-state index in [-0.39, 0.29) is 18.1 Å². The molecule has 1 aromatic carbocycles. The minimum Gasteiger partial charge on any atom is -0.468 e. The SMILES string of the molecule is COC(=O)CC#Cc1ccc(CCl)c(F)c1. The van der Waals surface area contributed by atoms with Crippen LogP contribution >= 0.6 is 11.6 Å². The molecule has 4 heteroatoms. The summed E-state index contributed by atoms with van der Waals surface area (Å²) < 4.78 is 17.7. The molecule has 0 spiro atoms. The van der Waals surface area contributed by atoms with Gasteiger partial charge in [-0.2, -0.15) is 0 Å². The number of rotatable bonds is 2. The molecule has 0 unspecified atom stereocenters. The van der Waals surface area contributed by atoms with Crippen LogP contribution in [0.4, 0.5) is 4.39 Å². The summed E-state index contributed by atoms with van der Waals surface area (Å²) in [6, 6.07) is 4.53. The van der Waals surface area contributed by atoms with Crippen molar-refractivity contribution in [2.24, 2.45) is 0 Å². The smallest absolute Gasteiger partial charge is 0.317 e. The topological polar surface area (TPSA) is 26.3 Å². The van der Waals surface area contributed by atoms with Crippen molar-refractivity contribution in [3.05, 3.63) is 35.1 Å². The second-order valence-corrected chi connectivity index (χ2v) is 3.26. The molecule has 0 fully saturated rings. The van der Waals surface area contributed by atoms with E-state index in [0.717, 1.165) is 0 Å². The Morgan fingerprint density at radius 1 is 1.56 bits per heavy atom. The normalized spacial score (nSPS) is 9.19. The average molecular weight is 241 g/mol. The zero-order valence-electron chi connectivity index (χ0n) is 8.72. The molecule has 0 aliphatic rings. The summed E-state index contributed by atoms with van der Waals surface area (Å²) in [5.41, 5.74) is 0.940. The number of carbonyl (C=O) groups is 1. The van der Waals surface area contributed by atoms with E-state index in [4.69, 9.17) is 11.6 Å². The molecule has 0 aromatic heterocycles. The summed E-state index contributed by atoms with van der Waals surface area (Å²) in [4.78, 5) is 10.8. The second-order valence-electron chi connectivity index (χ2n) is 2.99. The first-order chi connectivity index (χ1) is 7.67. The van der Waals surface area contributed by atoms with Crippen LogP contribution in [-0.2, 0) is 15.4 Å². The highest BCUT2D eigenvalue weighted by Crippen LogP contribution is 2.11. The molecule has 0 N–H and O–H groups in total. The lowest BCUT2D eigenvalue weighted by molar-refractivity contribution is -0.139. The molecule has 0 radical (unpaired) electrons. The van der Waals surface area contributed by atoms with Crippen LogP contribution in [0.15, 0.2) is 18.2 Å². The zero-order valence-corrected chi connectivity index (χ0v) is 9.47. The number of hydrogen-bond acceptors (Lipinski definition) is 2. The molecule has 0 atom stereocenters. The number of carbonyl (C=O) groups excluding carboxylic acids is 1. The van der Waals surface area contributed by atoms with Crippen LogP contribution in [0.3, 0.4) is 0 Å². The van der Waals surface area contributed by atoms with Gasteiger partial charge < -0.3 is 4.74 Å². The van der Waals surface area contributed by atoms with Gasteiger partial charge in [0.15, 0.2) is 0 Å². The maximum Gasteiger partial charge on any atom is 0.317 e. The summed E-state index contributed by atoms with van der Waals surface area (Å²) in [7, 11) is 1.29. The molecule has 0 saturated carbocycles. The van der Waals surface area contributed by atoms with E-state index in [9.17, 15) is 9.18 Å². The number of ether oxygens (including phenoxy) is 1. The highest BCUT2D eigenvalue weighted by Gasteiger charge is 2.00. The lowest BCUT2D eigenvalue weighted by atomic mass is 10.1. The minimum atomic E-state index is -0.412. The van der Waals surface area contributed by atoms with Crippen LogP contribution in [0.1, 0.15) is 17.5 Å². The Morgan fingerprint density at radius 3 is 2.88 bits per heavy atom. The van der Waals surface area contributed by atoms with Gasteiger partial charge in [-0.05, 0) is 12.1 Å². The number of hydrogen-bond donors (Lipinski definition) is 0. The van der Waals surface area contributed by atoms with Gasteiger partial charge in [0.05, 0.1) is 13.0 Å². The van der Waals surface area contributed by atoms with E-state index in [1.165, 1.54) is 13.2 Å². The first-order valence-electron chi connectivity index (χ1n) is 4.57. The van der Waals surface area contributed by atoms with Gasteiger partial charge in [0.25, 0.3) is 0 Å². The van der Waals surface area contributed by atoms with Gasteiger partial charge in [-0.1, -0.05) is 17.9 Å². The fourth-order valence-electron chi connectivity index (χ4n) is 1.02. The molecule has 84 valence electrons. The predicted molar refractivity (Wildman–Crippen MR) is 59.5 cm³/mol. The van der Waals surface area contributed by atoms with Crippen molar-refractivity contribution < 1.29 is 13.9 Å². The standard InChI is InChI=1S/C12H10ClFO2/c1-16-12(15)4-2-3-9-5-6-10(8-13)11(14)7-9/h5-7H,4,8H2,1H3. The quantitative estimate of drug-likeness (QED) is 0.451. The van der Waals surface area contributed by atoms with Gasteiger partial charge in [0, 0.05) is 11.1 Å². The van der Waals surface area contributed by atoms with Crippen molar-refractivity contribution in [1.29, 1.82) is 0 Å². The third kappa shape index (κ3) is 3.56. The van der Waals surface area contributed by atoms with E-state index in [1.807, 2.05) is 0 Å². The van der Waals surface area contributed by atoms with Gasteiger partial charge in [-0.3, -0.25) is 4.79 Å². The summed E-state index contributed by atoms with van der Waals surface area (Å²) in [5.74, 6) is 4.59. The molecule has 1 rings (SSSR count). The predicted octanol–water partition coefficient (Wildman–Crippen LogP) is 2.48. The largest absolute Gasteiger partial charge is 0.468 e. The lowest BCUT2D eigenvalue weighted by Gasteiger charge is -1.97. The monoisotopic (exact) mass is 240 g/mol. The summed E-state index contributed by atoms with van der Waals surface area (Å²) in [6.07, 6.45) is -0.00459. The Labute approximate surface area is 98.4 Å². The molecule has 0 bridgehead atoms. The molecular weight excluding hydrogens is 231 g/mol. The third-order valence-electron chi connectivity index (χ3n) is 1.89. The van der Waals surface area contributed by atoms with Crippen LogP contribution in [0.25, 0.3) is 0 Å². The van der Waals surface area contributed by atoms with Gasteiger partial charge >= 0.3 is 5.97 Å². The molecule has 0 aliphatic carbocycles. The van der Waals surface area contributed by atoms with E-state index >= 15 is 0 Å². The van der Waals surface area contributed by atoms with Gasteiger partial charge in [-0.25, -0.2) is 4.39 Å². The summed E-state index contributed by atoms with van der Waals surface area (Å²) in [5, 5.41) is 0. The van der Waals surface area contributed by atoms with Crippen molar-refractivity contribution in [2.45, 2.75) is 12.3 Å². The Hall–Kier alpha value is -1.53. The minimum absolute atomic E-state index is 0.00459. The Balaban J connectivity index is 2.75. The summed E-state index contributed by atoms with van der Waals surface area (Å²) in [6.45, 7) is 0. The van der Waals surface area contributed by atoms with Crippen molar-refractivity contribution in [3.8, 4) is 11.8 Å². The number of alkyl halides is 1. The first kappa shape index (κ1) is 12.5. The van der Waals surface area contributed by atoms with Crippen LogP contribution in [0.5, 0.6) is 0 Å². The van der Waals surface area contributed by atoms with Crippen LogP contribution in [-0.4, -0.2) is 13.1 Å². The molecule has 0 aliphatic heterocycles. The van der Waals surface area contributed by atoms with Gasteiger partial charge in [0.1, 0.15) is 12.2 Å². The maximum absolute atomic E-state index is 13.3. The highest BCUT2D eigenvalue weighted by atomic mass is 35.5. The molecule has 16 heavy (non-hydrogen) atoms. The van der Waals surface area contributed by atoms with Gasteiger partial charge in [0.2, 0.25) is 0 Å².